The molecule has 0 aliphatic carbocycles. The number of amides is 1. The highest BCUT2D eigenvalue weighted by molar-refractivity contribution is 5.75. The Morgan fingerprint density at radius 2 is 2.25 bits per heavy atom. The standard InChI is InChI=1S/C8H10N4O4/c9-10-7(13)3-4-11-5-6(12(15)16)1-2-8(11)14/h1-2,5H,3-4,9H2,(H,10,13). The number of nitro groups is 1. The molecule has 8 nitrogen and oxygen atoms in total. The summed E-state index contributed by atoms with van der Waals surface area (Å²) in [5.41, 5.74) is 1.30. The van der Waals surface area contributed by atoms with Crippen molar-refractivity contribution in [1.29, 1.82) is 0 Å². The Hall–Kier alpha value is -2.22. The number of aryl methyl sites for hydroxylation is 1. The van der Waals surface area contributed by atoms with Gasteiger partial charge in [-0.25, -0.2) is 5.84 Å². The Kier molecular flexibility index (Phi) is 3.72. The summed E-state index contributed by atoms with van der Waals surface area (Å²) in [5, 5.41) is 10.4. The summed E-state index contributed by atoms with van der Waals surface area (Å²) in [6.07, 6.45) is 1.07. The molecule has 86 valence electrons. The highest BCUT2D eigenvalue weighted by Gasteiger charge is 2.08. The maximum absolute atomic E-state index is 11.3. The van der Waals surface area contributed by atoms with Crippen LogP contribution in [0, 0.1) is 10.1 Å². The second-order valence-corrected chi connectivity index (χ2v) is 2.99. The number of pyridine rings is 1. The molecule has 0 spiro atoms. The summed E-state index contributed by atoms with van der Waals surface area (Å²) in [5.74, 6) is 4.41. The number of hydrogen-bond acceptors (Lipinski definition) is 5. The Morgan fingerprint density at radius 1 is 1.56 bits per heavy atom. The molecule has 16 heavy (non-hydrogen) atoms. The van der Waals surface area contributed by atoms with Gasteiger partial charge in [0, 0.05) is 25.1 Å². The third-order valence-electron chi connectivity index (χ3n) is 1.92. The molecule has 0 aromatic carbocycles. The topological polar surface area (TPSA) is 120 Å². The number of carbonyl (C=O) groups excluding carboxylic acids is 1. The van der Waals surface area contributed by atoms with E-state index in [0.29, 0.717) is 0 Å². The SMILES string of the molecule is NNC(=O)CCn1cc([N+](=O)[O-])ccc1=O. The van der Waals surface area contributed by atoms with Gasteiger partial charge in [-0.05, 0) is 0 Å². The molecule has 0 saturated carbocycles. The van der Waals surface area contributed by atoms with Crippen LogP contribution < -0.4 is 16.8 Å². The van der Waals surface area contributed by atoms with Crippen LogP contribution in [0.15, 0.2) is 23.1 Å². The van der Waals surface area contributed by atoms with Crippen LogP contribution in [0.1, 0.15) is 6.42 Å². The number of nitrogens with zero attached hydrogens (tertiary/aromatic N) is 2. The maximum atomic E-state index is 11.3. The van der Waals surface area contributed by atoms with Crippen LogP contribution in [0.3, 0.4) is 0 Å². The first-order valence-corrected chi connectivity index (χ1v) is 4.39. The van der Waals surface area contributed by atoms with Crippen LogP contribution in [-0.4, -0.2) is 15.4 Å². The van der Waals surface area contributed by atoms with E-state index in [1.807, 2.05) is 5.43 Å². The smallest absolute Gasteiger partial charge is 0.285 e. The van der Waals surface area contributed by atoms with E-state index < -0.39 is 16.4 Å². The van der Waals surface area contributed by atoms with E-state index >= 15 is 0 Å². The van der Waals surface area contributed by atoms with Gasteiger partial charge in [0.05, 0.1) is 11.1 Å². The number of hydrazine groups is 1. The predicted molar refractivity (Wildman–Crippen MR) is 54.3 cm³/mol. The quantitative estimate of drug-likeness (QED) is 0.299. The zero-order chi connectivity index (χ0) is 12.1. The molecule has 1 rings (SSSR count). The van der Waals surface area contributed by atoms with E-state index in [1.165, 1.54) is 0 Å². The molecule has 8 heteroatoms. The largest absolute Gasteiger partial charge is 0.308 e. The van der Waals surface area contributed by atoms with Crippen LogP contribution >= 0.6 is 0 Å². The molecule has 0 aliphatic rings. The van der Waals surface area contributed by atoms with Crippen LogP contribution in [0.25, 0.3) is 0 Å². The van der Waals surface area contributed by atoms with E-state index in [-0.39, 0.29) is 18.7 Å². The third kappa shape index (κ3) is 2.89. The van der Waals surface area contributed by atoms with E-state index in [1.54, 1.807) is 0 Å². The molecular weight excluding hydrogens is 216 g/mol. The van der Waals surface area contributed by atoms with Crippen LogP contribution in [0.4, 0.5) is 5.69 Å². The lowest BCUT2D eigenvalue weighted by atomic mass is 10.3. The average molecular weight is 226 g/mol. The first-order valence-electron chi connectivity index (χ1n) is 4.39. The van der Waals surface area contributed by atoms with E-state index in [4.69, 9.17) is 5.84 Å². The summed E-state index contributed by atoms with van der Waals surface area (Å²) < 4.78 is 1.09. The van der Waals surface area contributed by atoms with Crippen LogP contribution in [0.2, 0.25) is 0 Å². The van der Waals surface area contributed by atoms with Gasteiger partial charge in [-0.3, -0.25) is 25.1 Å². The summed E-state index contributed by atoms with van der Waals surface area (Å²) in [6.45, 7) is 0.0452. The van der Waals surface area contributed by atoms with Gasteiger partial charge in [0.25, 0.3) is 11.2 Å². The lowest BCUT2D eigenvalue weighted by Gasteiger charge is -2.03. The Morgan fingerprint density at radius 3 is 2.81 bits per heavy atom. The molecule has 1 amide bonds. The minimum atomic E-state index is -0.612. The summed E-state index contributed by atoms with van der Waals surface area (Å²) in [6, 6.07) is 2.19. The molecule has 0 bridgehead atoms. The monoisotopic (exact) mass is 226 g/mol. The molecule has 1 heterocycles. The molecular formula is C8H10N4O4. The van der Waals surface area contributed by atoms with Crippen molar-refractivity contribution in [2.75, 3.05) is 0 Å². The molecule has 0 unspecified atom stereocenters. The van der Waals surface area contributed by atoms with Crippen LogP contribution in [0.5, 0.6) is 0 Å². The number of rotatable bonds is 4. The van der Waals surface area contributed by atoms with Crippen molar-refractivity contribution in [2.24, 2.45) is 5.84 Å². The van der Waals surface area contributed by atoms with Gasteiger partial charge in [0.2, 0.25) is 5.91 Å². The van der Waals surface area contributed by atoms with Gasteiger partial charge in [-0.1, -0.05) is 0 Å². The first kappa shape index (κ1) is 11.9. The third-order valence-corrected chi connectivity index (χ3v) is 1.92. The van der Waals surface area contributed by atoms with Crippen molar-refractivity contribution >= 4 is 11.6 Å². The molecule has 0 aliphatic heterocycles. The first-order chi connectivity index (χ1) is 7.54. The van der Waals surface area contributed by atoms with Crippen molar-refractivity contribution < 1.29 is 9.72 Å². The summed E-state index contributed by atoms with van der Waals surface area (Å²) in [7, 11) is 0. The Labute approximate surface area is 89.8 Å². The van der Waals surface area contributed by atoms with Crippen molar-refractivity contribution in [2.45, 2.75) is 13.0 Å². The minimum absolute atomic E-state index is 0.0163. The highest BCUT2D eigenvalue weighted by atomic mass is 16.6. The number of nitrogens with one attached hydrogen (secondary N) is 1. The molecule has 1 aromatic rings. The second-order valence-electron chi connectivity index (χ2n) is 2.99. The van der Waals surface area contributed by atoms with Crippen molar-refractivity contribution in [1.82, 2.24) is 9.99 Å². The second kappa shape index (κ2) is 5.03. The van der Waals surface area contributed by atoms with E-state index in [0.717, 1.165) is 22.9 Å². The number of nitrogens with two attached hydrogens (primary N) is 1. The number of hydrogen-bond donors (Lipinski definition) is 2. The zero-order valence-corrected chi connectivity index (χ0v) is 8.25. The fourth-order valence-corrected chi connectivity index (χ4v) is 1.10. The molecule has 0 radical (unpaired) electrons. The highest BCUT2D eigenvalue weighted by Crippen LogP contribution is 2.06. The van der Waals surface area contributed by atoms with Gasteiger partial charge in [-0.15, -0.1) is 0 Å². The lowest BCUT2D eigenvalue weighted by molar-refractivity contribution is -0.385. The van der Waals surface area contributed by atoms with Gasteiger partial charge < -0.3 is 4.57 Å². The van der Waals surface area contributed by atoms with E-state index in [2.05, 4.69) is 0 Å². The van der Waals surface area contributed by atoms with Gasteiger partial charge >= 0.3 is 0 Å². The fourth-order valence-electron chi connectivity index (χ4n) is 1.10. The molecule has 3 N–H and O–H groups in total. The molecule has 0 fully saturated rings. The lowest BCUT2D eigenvalue weighted by Crippen LogP contribution is -2.31. The molecule has 1 aromatic heterocycles. The Bertz CT molecular complexity index is 467. The Balaban J connectivity index is 2.86. The summed E-state index contributed by atoms with van der Waals surface area (Å²) in [4.78, 5) is 31.9. The molecule has 0 atom stereocenters. The fraction of sp³-hybridized carbons (Fsp3) is 0.250. The number of carbonyl (C=O) groups is 1. The van der Waals surface area contributed by atoms with E-state index in [9.17, 15) is 19.7 Å². The number of aromatic nitrogens is 1. The summed E-state index contributed by atoms with van der Waals surface area (Å²) >= 11 is 0. The minimum Gasteiger partial charge on any atom is -0.308 e. The zero-order valence-electron chi connectivity index (χ0n) is 8.25. The predicted octanol–water partition coefficient (Wildman–Crippen LogP) is -0.864. The van der Waals surface area contributed by atoms with Crippen molar-refractivity contribution in [3.8, 4) is 0 Å². The van der Waals surface area contributed by atoms with Crippen molar-refractivity contribution in [3.63, 3.8) is 0 Å². The van der Waals surface area contributed by atoms with Gasteiger partial charge in [0.1, 0.15) is 0 Å². The van der Waals surface area contributed by atoms with Crippen LogP contribution in [-0.2, 0) is 11.3 Å². The maximum Gasteiger partial charge on any atom is 0.285 e. The van der Waals surface area contributed by atoms with Gasteiger partial charge in [-0.2, -0.15) is 0 Å². The van der Waals surface area contributed by atoms with Gasteiger partial charge in [0.15, 0.2) is 0 Å². The average Bonchev–Trinajstić information content (AvgIpc) is 2.27. The van der Waals surface area contributed by atoms with Crippen molar-refractivity contribution in [3.05, 3.63) is 38.8 Å². The normalized spacial score (nSPS) is 9.81. The molecule has 0 saturated heterocycles.